The van der Waals surface area contributed by atoms with Crippen LogP contribution in [0.1, 0.15) is 0 Å². The van der Waals surface area contributed by atoms with Gasteiger partial charge in [-0.2, -0.15) is 0 Å². The minimum Gasteiger partial charge on any atom is -0.505 e. The topological polar surface area (TPSA) is 116 Å². The first-order chi connectivity index (χ1) is 13.1. The zero-order chi connectivity index (χ0) is 19.2. The summed E-state index contributed by atoms with van der Waals surface area (Å²) in [6.45, 7) is 3.32. The van der Waals surface area contributed by atoms with Crippen molar-refractivity contribution >= 4 is 23.1 Å². The molecule has 0 spiro atoms. The van der Waals surface area contributed by atoms with E-state index in [4.69, 9.17) is 9.47 Å². The summed E-state index contributed by atoms with van der Waals surface area (Å²) in [5.41, 5.74) is 1.72. The van der Waals surface area contributed by atoms with E-state index in [1.54, 1.807) is 0 Å². The zero-order valence-corrected chi connectivity index (χ0v) is 14.2. The van der Waals surface area contributed by atoms with Crippen LogP contribution in [0.15, 0.2) is 55.1 Å². The third-order valence-corrected chi connectivity index (χ3v) is 3.44. The van der Waals surface area contributed by atoms with Gasteiger partial charge in [0.1, 0.15) is 34.8 Å². The quantitative estimate of drug-likeness (QED) is 0.388. The lowest BCUT2D eigenvalue weighted by atomic mass is 10.3. The van der Waals surface area contributed by atoms with Crippen molar-refractivity contribution in [2.45, 2.75) is 0 Å². The molecule has 1 heterocycles. The average molecular weight is 368 g/mol. The molecule has 1 amide bonds. The van der Waals surface area contributed by atoms with Crippen LogP contribution in [0.3, 0.4) is 0 Å². The smallest absolute Gasteiger partial charge is 0.412 e. The Bertz CT molecular complexity index is 965. The second kappa shape index (κ2) is 8.00. The van der Waals surface area contributed by atoms with Crippen molar-refractivity contribution in [3.05, 3.63) is 55.1 Å². The van der Waals surface area contributed by atoms with Gasteiger partial charge in [-0.1, -0.05) is 18.7 Å². The number of aromatic hydroxyl groups is 1. The van der Waals surface area contributed by atoms with Crippen LogP contribution in [0.5, 0.6) is 11.5 Å². The average Bonchev–Trinajstić information content (AvgIpc) is 3.09. The van der Waals surface area contributed by atoms with Gasteiger partial charge in [-0.05, 0) is 24.3 Å². The third kappa shape index (κ3) is 4.40. The van der Waals surface area contributed by atoms with E-state index in [9.17, 15) is 14.7 Å². The van der Waals surface area contributed by atoms with Gasteiger partial charge in [-0.25, -0.2) is 9.59 Å². The first-order valence-electron chi connectivity index (χ1n) is 7.97. The fourth-order valence-corrected chi connectivity index (χ4v) is 2.21. The molecule has 27 heavy (non-hydrogen) atoms. The van der Waals surface area contributed by atoms with Crippen LogP contribution in [0, 0.1) is 0 Å². The van der Waals surface area contributed by atoms with Crippen LogP contribution >= 0.6 is 0 Å². The Morgan fingerprint density at radius 3 is 2.52 bits per heavy atom. The zero-order valence-electron chi connectivity index (χ0n) is 14.2. The van der Waals surface area contributed by atoms with E-state index in [0.29, 0.717) is 16.7 Å². The lowest BCUT2D eigenvalue weighted by Crippen LogP contribution is -2.30. The monoisotopic (exact) mass is 368 g/mol. The molecular formula is C18H16N4O5. The van der Waals surface area contributed by atoms with Crippen molar-refractivity contribution in [3.63, 3.8) is 0 Å². The molecule has 2 aromatic carbocycles. The Morgan fingerprint density at radius 1 is 1.19 bits per heavy atom. The molecule has 0 radical (unpaired) electrons. The number of amides is 1. The number of carbonyl (C=O) groups is 2. The van der Waals surface area contributed by atoms with Gasteiger partial charge in [-0.3, -0.25) is 0 Å². The van der Waals surface area contributed by atoms with Crippen LogP contribution < -0.4 is 10.1 Å². The van der Waals surface area contributed by atoms with Gasteiger partial charge < -0.3 is 19.9 Å². The van der Waals surface area contributed by atoms with Gasteiger partial charge in [0.05, 0.1) is 6.54 Å². The first kappa shape index (κ1) is 17.9. The second-order valence-corrected chi connectivity index (χ2v) is 5.32. The standard InChI is InChI=1S/C18H16N4O5/c1-2-17(24)26-10-9-19-18(25)27-12-7-8-15(16(23)11-12)22-20-13-5-3-4-6-14(13)21-22/h2-8,11,23H,1,9-10H2,(H,19,25). The number of esters is 1. The Kier molecular flexibility index (Phi) is 5.31. The fourth-order valence-electron chi connectivity index (χ4n) is 2.21. The molecule has 0 aliphatic carbocycles. The summed E-state index contributed by atoms with van der Waals surface area (Å²) in [7, 11) is 0. The van der Waals surface area contributed by atoms with Crippen LogP contribution in [0.4, 0.5) is 4.79 Å². The largest absolute Gasteiger partial charge is 0.505 e. The van der Waals surface area contributed by atoms with Crippen molar-refractivity contribution in [3.8, 4) is 17.2 Å². The molecule has 1 aromatic heterocycles. The number of carbonyl (C=O) groups excluding carboxylic acids is 2. The number of nitrogens with one attached hydrogen (secondary N) is 1. The number of nitrogens with zero attached hydrogens (tertiary/aromatic N) is 3. The van der Waals surface area contributed by atoms with Gasteiger partial charge in [0.2, 0.25) is 0 Å². The summed E-state index contributed by atoms with van der Waals surface area (Å²) in [5.74, 6) is -0.598. The second-order valence-electron chi connectivity index (χ2n) is 5.32. The number of phenolic OH excluding ortho intramolecular Hbond substituents is 1. The number of hydrogen-bond acceptors (Lipinski definition) is 7. The molecule has 0 aliphatic heterocycles. The summed E-state index contributed by atoms with van der Waals surface area (Å²) in [6, 6.07) is 11.6. The van der Waals surface area contributed by atoms with E-state index < -0.39 is 12.1 Å². The molecule has 3 rings (SSSR count). The normalized spacial score (nSPS) is 10.4. The Balaban J connectivity index is 1.61. The van der Waals surface area contributed by atoms with Gasteiger partial charge in [-0.15, -0.1) is 15.0 Å². The number of fused-ring (bicyclic) bond motifs is 1. The van der Waals surface area contributed by atoms with Gasteiger partial charge in [0, 0.05) is 12.1 Å². The maximum atomic E-state index is 11.7. The van der Waals surface area contributed by atoms with E-state index in [2.05, 4.69) is 22.1 Å². The summed E-state index contributed by atoms with van der Waals surface area (Å²) in [4.78, 5) is 23.9. The minimum atomic E-state index is -0.750. The van der Waals surface area contributed by atoms with Crippen molar-refractivity contribution in [2.24, 2.45) is 0 Å². The van der Waals surface area contributed by atoms with Gasteiger partial charge >= 0.3 is 12.1 Å². The van der Waals surface area contributed by atoms with Crippen LogP contribution in [-0.4, -0.2) is 45.3 Å². The van der Waals surface area contributed by atoms with E-state index in [1.807, 2.05) is 24.3 Å². The highest BCUT2D eigenvalue weighted by Gasteiger charge is 2.11. The number of phenols is 1. The summed E-state index contributed by atoms with van der Waals surface area (Å²) in [6.07, 6.45) is 0.278. The molecule has 0 saturated carbocycles. The SMILES string of the molecule is C=CC(=O)OCCNC(=O)Oc1ccc(-n2nc3ccccc3n2)c(O)c1. The Labute approximate surface area is 153 Å². The summed E-state index contributed by atoms with van der Waals surface area (Å²) < 4.78 is 9.77. The maximum Gasteiger partial charge on any atom is 0.412 e. The van der Waals surface area contributed by atoms with Crippen LogP contribution in [0.2, 0.25) is 0 Å². The lowest BCUT2D eigenvalue weighted by Gasteiger charge is -2.08. The van der Waals surface area contributed by atoms with E-state index >= 15 is 0 Å². The minimum absolute atomic E-state index is 0.0112. The number of aromatic nitrogens is 3. The first-order valence-corrected chi connectivity index (χ1v) is 7.97. The molecule has 2 N–H and O–H groups in total. The predicted molar refractivity (Wildman–Crippen MR) is 95.7 cm³/mol. The molecule has 0 unspecified atom stereocenters. The molecule has 0 fully saturated rings. The number of hydrogen-bond donors (Lipinski definition) is 2. The summed E-state index contributed by atoms with van der Waals surface area (Å²) in [5, 5.41) is 21.2. The van der Waals surface area contributed by atoms with Crippen molar-refractivity contribution in [2.75, 3.05) is 13.2 Å². The van der Waals surface area contributed by atoms with E-state index in [1.165, 1.54) is 23.0 Å². The highest BCUT2D eigenvalue weighted by molar-refractivity contribution is 5.81. The van der Waals surface area contributed by atoms with Crippen LogP contribution in [-0.2, 0) is 9.53 Å². The van der Waals surface area contributed by atoms with Gasteiger partial charge in [0.15, 0.2) is 0 Å². The third-order valence-electron chi connectivity index (χ3n) is 3.44. The number of ether oxygens (including phenoxy) is 2. The Hall–Kier alpha value is -3.88. The molecule has 9 heteroatoms. The number of benzene rings is 2. The van der Waals surface area contributed by atoms with E-state index in [0.717, 1.165) is 6.08 Å². The molecule has 0 aliphatic rings. The highest BCUT2D eigenvalue weighted by Crippen LogP contribution is 2.26. The molecule has 3 aromatic rings. The van der Waals surface area contributed by atoms with Crippen molar-refractivity contribution in [1.82, 2.24) is 20.3 Å². The summed E-state index contributed by atoms with van der Waals surface area (Å²) >= 11 is 0. The molecule has 9 nitrogen and oxygen atoms in total. The Morgan fingerprint density at radius 2 is 1.89 bits per heavy atom. The molecule has 0 saturated heterocycles. The van der Waals surface area contributed by atoms with Crippen molar-refractivity contribution in [1.29, 1.82) is 0 Å². The highest BCUT2D eigenvalue weighted by atomic mass is 16.6. The van der Waals surface area contributed by atoms with E-state index in [-0.39, 0.29) is 24.7 Å². The van der Waals surface area contributed by atoms with Crippen LogP contribution in [0.25, 0.3) is 16.7 Å². The lowest BCUT2D eigenvalue weighted by molar-refractivity contribution is -0.137. The fraction of sp³-hybridized carbons (Fsp3) is 0.111. The molecular weight excluding hydrogens is 352 g/mol. The molecule has 0 bridgehead atoms. The maximum absolute atomic E-state index is 11.7. The molecule has 138 valence electrons. The van der Waals surface area contributed by atoms with Gasteiger partial charge in [0.25, 0.3) is 0 Å². The predicted octanol–water partition coefficient (Wildman–Crippen LogP) is 1.94. The van der Waals surface area contributed by atoms with Crippen molar-refractivity contribution < 1.29 is 24.2 Å². The number of rotatable bonds is 6. The molecule has 0 atom stereocenters.